The Morgan fingerprint density at radius 3 is 2.52 bits per heavy atom. The molecule has 2 amide bonds. The summed E-state index contributed by atoms with van der Waals surface area (Å²) in [6.45, 7) is 1.77. The fraction of sp³-hybridized carbons (Fsp3) is 0.143. The summed E-state index contributed by atoms with van der Waals surface area (Å²) in [5, 5.41) is 2.12. The zero-order chi connectivity index (χ0) is 15.2. The number of benzene rings is 1. The molecule has 2 rings (SSSR count). The van der Waals surface area contributed by atoms with E-state index in [0.717, 1.165) is 4.90 Å². The molecule has 1 aromatic heterocycles. The first-order valence-electron chi connectivity index (χ1n) is 6.12. The van der Waals surface area contributed by atoms with E-state index >= 15 is 0 Å². The first-order valence-corrected chi connectivity index (χ1v) is 8.26. The maximum absolute atomic E-state index is 11.9. The number of hydrogen-bond donors (Lipinski definition) is 2. The predicted octanol–water partition coefficient (Wildman–Crippen LogP) is 3.34. The summed E-state index contributed by atoms with van der Waals surface area (Å²) in [6.07, 6.45) is 0. The topological polar surface area (TPSA) is 58.2 Å². The largest absolute Gasteiger partial charge is 0.279 e. The van der Waals surface area contributed by atoms with Crippen LogP contribution in [0.5, 0.6) is 0 Å². The summed E-state index contributed by atoms with van der Waals surface area (Å²) in [4.78, 5) is 25.1. The quantitative estimate of drug-likeness (QED) is 0.663. The van der Waals surface area contributed by atoms with Crippen molar-refractivity contribution in [1.29, 1.82) is 0 Å². The molecular weight excluding hydrogens is 328 g/mol. The Bertz CT molecular complexity index is 614. The van der Waals surface area contributed by atoms with Gasteiger partial charge in [-0.2, -0.15) is 0 Å². The van der Waals surface area contributed by atoms with Crippen LogP contribution >= 0.6 is 34.7 Å². The van der Waals surface area contributed by atoms with E-state index < -0.39 is 0 Å². The minimum Gasteiger partial charge on any atom is -0.272 e. The number of hydrogen-bond acceptors (Lipinski definition) is 4. The van der Waals surface area contributed by atoms with Crippen LogP contribution < -0.4 is 10.9 Å². The number of amides is 2. The lowest BCUT2D eigenvalue weighted by Gasteiger charge is -2.12. The number of thiophene rings is 1. The van der Waals surface area contributed by atoms with E-state index in [2.05, 4.69) is 10.9 Å². The van der Waals surface area contributed by atoms with Crippen LogP contribution in [0.1, 0.15) is 16.6 Å². The van der Waals surface area contributed by atoms with Gasteiger partial charge >= 0.3 is 0 Å². The van der Waals surface area contributed by atoms with Gasteiger partial charge in [-0.05, 0) is 42.6 Å². The molecule has 1 atom stereocenters. The van der Waals surface area contributed by atoms with Crippen molar-refractivity contribution in [3.63, 3.8) is 0 Å². The third-order valence-electron chi connectivity index (χ3n) is 2.54. The van der Waals surface area contributed by atoms with Gasteiger partial charge in [-0.3, -0.25) is 20.4 Å². The van der Waals surface area contributed by atoms with Gasteiger partial charge in [0.15, 0.2) is 0 Å². The number of carbonyl (C=O) groups excluding carboxylic acids is 2. The highest BCUT2D eigenvalue weighted by Gasteiger charge is 2.15. The van der Waals surface area contributed by atoms with Crippen LogP contribution in [0.2, 0.25) is 5.02 Å². The standard InChI is InChI=1S/C14H13ClN2O2S2/c1-9(21-11-6-4-10(15)5-7-11)13(18)16-17-14(19)12-3-2-8-20-12/h2-9H,1H3,(H,16,18)(H,17,19)/t9-/m1/s1. The molecule has 0 bridgehead atoms. The molecule has 0 spiro atoms. The Kier molecular flexibility index (Phi) is 5.67. The molecule has 7 heteroatoms. The summed E-state index contributed by atoms with van der Waals surface area (Å²) in [6, 6.07) is 10.7. The van der Waals surface area contributed by atoms with Crippen LogP contribution in [0.15, 0.2) is 46.7 Å². The first kappa shape index (κ1) is 15.9. The van der Waals surface area contributed by atoms with E-state index in [1.165, 1.54) is 23.1 Å². The zero-order valence-electron chi connectivity index (χ0n) is 11.1. The van der Waals surface area contributed by atoms with Crippen LogP contribution in [0, 0.1) is 0 Å². The van der Waals surface area contributed by atoms with Crippen molar-refractivity contribution in [2.45, 2.75) is 17.1 Å². The molecule has 0 fully saturated rings. The second kappa shape index (κ2) is 7.49. The van der Waals surface area contributed by atoms with Crippen molar-refractivity contribution < 1.29 is 9.59 Å². The zero-order valence-corrected chi connectivity index (χ0v) is 13.5. The average molecular weight is 341 g/mol. The Morgan fingerprint density at radius 1 is 1.19 bits per heavy atom. The summed E-state index contributed by atoms with van der Waals surface area (Å²) in [7, 11) is 0. The minimum absolute atomic E-state index is 0.264. The van der Waals surface area contributed by atoms with Crippen molar-refractivity contribution in [2.24, 2.45) is 0 Å². The second-order valence-corrected chi connectivity index (χ2v) is 6.93. The Hall–Kier alpha value is -1.50. The second-order valence-electron chi connectivity index (χ2n) is 4.13. The number of hydrazine groups is 1. The van der Waals surface area contributed by atoms with Gasteiger partial charge in [0.05, 0.1) is 10.1 Å². The van der Waals surface area contributed by atoms with Crippen LogP contribution in [-0.2, 0) is 4.79 Å². The SMILES string of the molecule is C[C@@H](Sc1ccc(Cl)cc1)C(=O)NNC(=O)c1cccs1. The van der Waals surface area contributed by atoms with Crippen LogP contribution in [0.3, 0.4) is 0 Å². The molecule has 0 saturated heterocycles. The van der Waals surface area contributed by atoms with E-state index in [1.54, 1.807) is 36.6 Å². The lowest BCUT2D eigenvalue weighted by atomic mass is 10.4. The smallest absolute Gasteiger partial charge is 0.272 e. The van der Waals surface area contributed by atoms with Crippen LogP contribution in [0.25, 0.3) is 0 Å². The molecule has 0 saturated carbocycles. The summed E-state index contributed by atoms with van der Waals surface area (Å²) >= 11 is 8.51. The molecule has 1 aromatic carbocycles. The average Bonchev–Trinajstić information content (AvgIpc) is 3.01. The number of carbonyl (C=O) groups is 2. The molecule has 1 heterocycles. The van der Waals surface area contributed by atoms with E-state index in [0.29, 0.717) is 9.90 Å². The van der Waals surface area contributed by atoms with Gasteiger partial charge in [-0.25, -0.2) is 0 Å². The predicted molar refractivity (Wildman–Crippen MR) is 86.7 cm³/mol. The Labute approximate surface area is 135 Å². The molecule has 4 nitrogen and oxygen atoms in total. The van der Waals surface area contributed by atoms with Crippen LogP contribution in [-0.4, -0.2) is 17.1 Å². The van der Waals surface area contributed by atoms with E-state index in [1.807, 2.05) is 12.1 Å². The molecule has 0 unspecified atom stereocenters. The van der Waals surface area contributed by atoms with Gasteiger partial charge < -0.3 is 0 Å². The molecular formula is C14H13ClN2O2S2. The molecule has 0 aliphatic rings. The normalized spacial score (nSPS) is 11.7. The van der Waals surface area contributed by atoms with Crippen molar-refractivity contribution in [3.8, 4) is 0 Å². The van der Waals surface area contributed by atoms with Crippen molar-refractivity contribution in [1.82, 2.24) is 10.9 Å². The fourth-order valence-electron chi connectivity index (χ4n) is 1.46. The molecule has 21 heavy (non-hydrogen) atoms. The monoisotopic (exact) mass is 340 g/mol. The first-order chi connectivity index (χ1) is 10.1. The Balaban J connectivity index is 1.82. The summed E-state index contributed by atoms with van der Waals surface area (Å²) in [5.41, 5.74) is 4.82. The molecule has 110 valence electrons. The lowest BCUT2D eigenvalue weighted by molar-refractivity contribution is -0.121. The Morgan fingerprint density at radius 2 is 1.90 bits per heavy atom. The summed E-state index contributed by atoms with van der Waals surface area (Å²) in [5.74, 6) is -0.582. The van der Waals surface area contributed by atoms with Gasteiger partial charge in [0.1, 0.15) is 0 Å². The third-order valence-corrected chi connectivity index (χ3v) is 4.77. The number of rotatable bonds is 4. The van der Waals surface area contributed by atoms with Gasteiger partial charge in [0.25, 0.3) is 11.8 Å². The van der Waals surface area contributed by atoms with Gasteiger partial charge in [0.2, 0.25) is 0 Å². The van der Waals surface area contributed by atoms with E-state index in [9.17, 15) is 9.59 Å². The molecule has 0 aliphatic heterocycles. The van der Waals surface area contributed by atoms with Gasteiger partial charge in [0, 0.05) is 9.92 Å². The van der Waals surface area contributed by atoms with Crippen LogP contribution in [0.4, 0.5) is 0 Å². The van der Waals surface area contributed by atoms with Gasteiger partial charge in [-0.15, -0.1) is 23.1 Å². The highest BCUT2D eigenvalue weighted by Crippen LogP contribution is 2.24. The highest BCUT2D eigenvalue weighted by molar-refractivity contribution is 8.00. The van der Waals surface area contributed by atoms with Crippen molar-refractivity contribution in [2.75, 3.05) is 0 Å². The van der Waals surface area contributed by atoms with Crippen molar-refractivity contribution in [3.05, 3.63) is 51.7 Å². The summed E-state index contributed by atoms with van der Waals surface area (Å²) < 4.78 is 0. The molecule has 0 radical (unpaired) electrons. The lowest BCUT2D eigenvalue weighted by Crippen LogP contribution is -2.44. The maximum atomic E-state index is 11.9. The number of thioether (sulfide) groups is 1. The highest BCUT2D eigenvalue weighted by atomic mass is 35.5. The fourth-order valence-corrected chi connectivity index (χ4v) is 3.07. The van der Waals surface area contributed by atoms with Gasteiger partial charge in [-0.1, -0.05) is 17.7 Å². The van der Waals surface area contributed by atoms with Crippen molar-refractivity contribution >= 4 is 46.5 Å². The van der Waals surface area contributed by atoms with E-state index in [4.69, 9.17) is 11.6 Å². The number of halogens is 1. The minimum atomic E-state index is -0.338. The number of nitrogens with one attached hydrogen (secondary N) is 2. The molecule has 2 N–H and O–H groups in total. The third kappa shape index (κ3) is 4.77. The van der Waals surface area contributed by atoms with E-state index in [-0.39, 0.29) is 17.1 Å². The maximum Gasteiger partial charge on any atom is 0.279 e. The molecule has 2 aromatic rings. The molecule has 0 aliphatic carbocycles.